The average Bonchev–Trinajstić information content (AvgIpc) is 2.20. The van der Waals surface area contributed by atoms with Gasteiger partial charge in [-0.15, -0.1) is 0 Å². The van der Waals surface area contributed by atoms with Gasteiger partial charge in [0, 0.05) is 5.56 Å². The third-order valence-corrected chi connectivity index (χ3v) is 3.51. The first-order valence-electron chi connectivity index (χ1n) is 5.10. The van der Waals surface area contributed by atoms with Crippen molar-refractivity contribution in [1.29, 1.82) is 0 Å². The average molecular weight is 257 g/mol. The first kappa shape index (κ1) is 13.8. The molecule has 0 fully saturated rings. The first-order valence-corrected chi connectivity index (χ1v) is 6.21. The number of pyridine rings is 1. The van der Waals surface area contributed by atoms with Gasteiger partial charge < -0.3 is 5.73 Å². The van der Waals surface area contributed by atoms with E-state index in [1.807, 2.05) is 20.8 Å². The Balaban J connectivity index is 3.12. The standard InChI is InChI=1S/C11H16FN3OS/c1-7(15-17(16)11(2,3)4)9-5-8(12)6-14-10(9)13/h5-6H,1-4H3,(H2,13,14)/b15-7+/t17-/m1/s1. The van der Waals surface area contributed by atoms with Crippen LogP contribution in [0.5, 0.6) is 0 Å². The molecule has 0 aliphatic carbocycles. The lowest BCUT2D eigenvalue weighted by Crippen LogP contribution is -2.21. The van der Waals surface area contributed by atoms with Crippen molar-refractivity contribution in [2.75, 3.05) is 5.73 Å². The topological polar surface area (TPSA) is 68.3 Å². The van der Waals surface area contributed by atoms with Gasteiger partial charge in [0.15, 0.2) is 0 Å². The Morgan fingerprint density at radius 2 is 2.12 bits per heavy atom. The van der Waals surface area contributed by atoms with E-state index in [1.54, 1.807) is 6.92 Å². The summed E-state index contributed by atoms with van der Waals surface area (Å²) in [4.78, 5) is 3.69. The Morgan fingerprint density at radius 1 is 1.53 bits per heavy atom. The van der Waals surface area contributed by atoms with Gasteiger partial charge in [-0.25, -0.2) is 13.6 Å². The summed E-state index contributed by atoms with van der Waals surface area (Å²) in [6.07, 6.45) is 1.03. The highest BCUT2D eigenvalue weighted by molar-refractivity contribution is 7.85. The van der Waals surface area contributed by atoms with Crippen molar-refractivity contribution in [2.45, 2.75) is 32.4 Å². The molecule has 0 aliphatic heterocycles. The highest BCUT2D eigenvalue weighted by Crippen LogP contribution is 2.16. The second-order valence-corrected chi connectivity index (χ2v) is 6.53. The molecule has 0 saturated heterocycles. The molecule has 6 heteroatoms. The van der Waals surface area contributed by atoms with Gasteiger partial charge in [-0.05, 0) is 33.8 Å². The summed E-state index contributed by atoms with van der Waals surface area (Å²) in [5.74, 6) is -0.316. The number of rotatable bonds is 2. The van der Waals surface area contributed by atoms with Crippen LogP contribution in [0, 0.1) is 5.82 Å². The van der Waals surface area contributed by atoms with Crippen LogP contribution in [0.1, 0.15) is 33.3 Å². The van der Waals surface area contributed by atoms with Gasteiger partial charge in [-0.2, -0.15) is 4.40 Å². The van der Waals surface area contributed by atoms with Crippen LogP contribution < -0.4 is 5.73 Å². The Kier molecular flexibility index (Phi) is 3.98. The van der Waals surface area contributed by atoms with E-state index in [2.05, 4.69) is 9.38 Å². The molecular formula is C11H16FN3OS. The van der Waals surface area contributed by atoms with Crippen LogP contribution in [0.2, 0.25) is 0 Å². The summed E-state index contributed by atoms with van der Waals surface area (Å²) in [5.41, 5.74) is 6.41. The minimum absolute atomic E-state index is 0.179. The predicted octanol–water partition coefficient (Wildman–Crippen LogP) is 2.07. The zero-order valence-corrected chi connectivity index (χ0v) is 11.1. The number of nitrogens with two attached hydrogens (primary N) is 1. The summed E-state index contributed by atoms with van der Waals surface area (Å²) in [6, 6.07) is 1.24. The third kappa shape index (κ3) is 3.59. The Bertz CT molecular complexity index is 480. The van der Waals surface area contributed by atoms with Gasteiger partial charge in [0.1, 0.15) is 22.6 Å². The summed E-state index contributed by atoms with van der Waals surface area (Å²) < 4.78 is 28.4. The van der Waals surface area contributed by atoms with E-state index < -0.39 is 21.5 Å². The predicted molar refractivity (Wildman–Crippen MR) is 68.7 cm³/mol. The highest BCUT2D eigenvalue weighted by atomic mass is 32.2. The number of hydrogen-bond acceptors (Lipinski definition) is 3. The minimum atomic E-state index is -1.40. The van der Waals surface area contributed by atoms with E-state index in [1.165, 1.54) is 6.07 Å². The Labute approximate surface area is 103 Å². The van der Waals surface area contributed by atoms with Crippen LogP contribution >= 0.6 is 0 Å². The molecule has 1 atom stereocenters. The van der Waals surface area contributed by atoms with E-state index in [-0.39, 0.29) is 5.82 Å². The number of anilines is 1. The second-order valence-electron chi connectivity index (χ2n) is 4.62. The number of halogens is 1. The SMILES string of the molecule is C/C(=N\[S@](=O)C(C)(C)C)c1cc(F)cnc1N. The lowest BCUT2D eigenvalue weighted by Gasteiger charge is -2.14. The summed E-state index contributed by atoms with van der Waals surface area (Å²) in [5, 5.41) is 0. The van der Waals surface area contributed by atoms with Crippen molar-refractivity contribution in [3.05, 3.63) is 23.6 Å². The lowest BCUT2D eigenvalue weighted by molar-refractivity contribution is 0.621. The fraction of sp³-hybridized carbons (Fsp3) is 0.455. The molecule has 0 radical (unpaired) electrons. The normalized spacial score (nSPS) is 14.8. The van der Waals surface area contributed by atoms with Crippen molar-refractivity contribution in [3.8, 4) is 0 Å². The number of aromatic nitrogens is 1. The van der Waals surface area contributed by atoms with Crippen LogP contribution in [-0.2, 0) is 11.0 Å². The van der Waals surface area contributed by atoms with E-state index >= 15 is 0 Å². The number of nitrogen functional groups attached to an aromatic ring is 1. The van der Waals surface area contributed by atoms with Crippen molar-refractivity contribution >= 4 is 22.5 Å². The van der Waals surface area contributed by atoms with Gasteiger partial charge in [0.05, 0.1) is 16.7 Å². The molecule has 0 unspecified atom stereocenters. The van der Waals surface area contributed by atoms with Crippen LogP contribution in [0.4, 0.5) is 10.2 Å². The fourth-order valence-electron chi connectivity index (χ4n) is 1.05. The Morgan fingerprint density at radius 3 is 2.65 bits per heavy atom. The molecule has 0 bridgehead atoms. The van der Waals surface area contributed by atoms with E-state index in [0.29, 0.717) is 11.3 Å². The maximum absolute atomic E-state index is 13.0. The third-order valence-electron chi connectivity index (χ3n) is 2.02. The van der Waals surface area contributed by atoms with Crippen molar-refractivity contribution < 1.29 is 8.60 Å². The molecule has 2 N–H and O–H groups in total. The molecule has 1 heterocycles. The van der Waals surface area contributed by atoms with Gasteiger partial charge in [-0.3, -0.25) is 0 Å². The molecule has 1 aromatic heterocycles. The molecule has 17 heavy (non-hydrogen) atoms. The van der Waals surface area contributed by atoms with E-state index in [4.69, 9.17) is 5.73 Å². The quantitative estimate of drug-likeness (QED) is 0.825. The van der Waals surface area contributed by atoms with Gasteiger partial charge in [0.25, 0.3) is 0 Å². The monoisotopic (exact) mass is 257 g/mol. The molecule has 0 aromatic carbocycles. The zero-order chi connectivity index (χ0) is 13.2. The number of nitrogens with zero attached hydrogens (tertiary/aromatic N) is 2. The van der Waals surface area contributed by atoms with E-state index in [9.17, 15) is 8.60 Å². The second kappa shape index (κ2) is 4.91. The van der Waals surface area contributed by atoms with Crippen LogP contribution in [-0.4, -0.2) is 19.7 Å². The largest absolute Gasteiger partial charge is 0.383 e. The van der Waals surface area contributed by atoms with Crippen molar-refractivity contribution in [2.24, 2.45) is 4.40 Å². The molecule has 1 aromatic rings. The molecule has 94 valence electrons. The first-order chi connectivity index (χ1) is 7.71. The van der Waals surface area contributed by atoms with Crippen LogP contribution in [0.15, 0.2) is 16.7 Å². The van der Waals surface area contributed by atoms with Gasteiger partial charge in [-0.1, -0.05) is 0 Å². The molecule has 0 saturated carbocycles. The zero-order valence-electron chi connectivity index (χ0n) is 10.3. The molecule has 0 spiro atoms. The number of hydrogen-bond donors (Lipinski definition) is 1. The summed E-state index contributed by atoms with van der Waals surface area (Å²) >= 11 is 0. The maximum Gasteiger partial charge on any atom is 0.145 e. The van der Waals surface area contributed by atoms with Gasteiger partial charge in [0.2, 0.25) is 0 Å². The van der Waals surface area contributed by atoms with Crippen molar-refractivity contribution in [1.82, 2.24) is 4.98 Å². The fourth-order valence-corrected chi connectivity index (χ4v) is 1.67. The molecule has 0 aliphatic rings. The molecule has 1 rings (SSSR count). The molecular weight excluding hydrogens is 241 g/mol. The van der Waals surface area contributed by atoms with Crippen molar-refractivity contribution in [3.63, 3.8) is 0 Å². The Hall–Kier alpha value is -1.30. The molecule has 0 amide bonds. The van der Waals surface area contributed by atoms with Crippen LogP contribution in [0.3, 0.4) is 0 Å². The summed E-state index contributed by atoms with van der Waals surface area (Å²) in [6.45, 7) is 7.07. The highest BCUT2D eigenvalue weighted by Gasteiger charge is 2.19. The molecule has 4 nitrogen and oxygen atoms in total. The minimum Gasteiger partial charge on any atom is -0.383 e. The summed E-state index contributed by atoms with van der Waals surface area (Å²) in [7, 11) is -1.40. The van der Waals surface area contributed by atoms with Crippen LogP contribution in [0.25, 0.3) is 0 Å². The smallest absolute Gasteiger partial charge is 0.145 e. The lowest BCUT2D eigenvalue weighted by atomic mass is 10.2. The maximum atomic E-state index is 13.0. The van der Waals surface area contributed by atoms with Gasteiger partial charge >= 0.3 is 0 Å². The van der Waals surface area contributed by atoms with E-state index in [0.717, 1.165) is 6.20 Å².